The zero-order valence-corrected chi connectivity index (χ0v) is 10.9. The van der Waals surface area contributed by atoms with Crippen LogP contribution in [0.3, 0.4) is 0 Å². The van der Waals surface area contributed by atoms with E-state index in [0.29, 0.717) is 16.8 Å². The first-order chi connectivity index (χ1) is 9.58. The smallest absolute Gasteiger partial charge is 0.171 e. The summed E-state index contributed by atoms with van der Waals surface area (Å²) in [6.45, 7) is 3.50. The first-order valence-corrected chi connectivity index (χ1v) is 5.78. The Labute approximate surface area is 115 Å². The number of benzene rings is 1. The van der Waals surface area contributed by atoms with Crippen LogP contribution >= 0.6 is 0 Å². The molecule has 98 valence electrons. The molecular formula is C14H10FN5. The lowest BCUT2D eigenvalue weighted by Gasteiger charge is -2.10. The third kappa shape index (κ3) is 2.27. The molecule has 0 aliphatic heterocycles. The van der Waals surface area contributed by atoms with Gasteiger partial charge in [-0.2, -0.15) is 15.6 Å². The van der Waals surface area contributed by atoms with Gasteiger partial charge in [0.05, 0.1) is 11.4 Å². The summed E-state index contributed by atoms with van der Waals surface area (Å²) >= 11 is 0. The maximum Gasteiger partial charge on any atom is 0.171 e. The highest BCUT2D eigenvalue weighted by molar-refractivity contribution is 5.69. The molecule has 0 fully saturated rings. The monoisotopic (exact) mass is 267 g/mol. The van der Waals surface area contributed by atoms with Crippen LogP contribution in [0.1, 0.15) is 22.4 Å². The molecule has 0 atom stereocenters. The van der Waals surface area contributed by atoms with Gasteiger partial charge >= 0.3 is 0 Å². The first kappa shape index (κ1) is 13.4. The van der Waals surface area contributed by atoms with Crippen LogP contribution in [-0.4, -0.2) is 10.2 Å². The van der Waals surface area contributed by atoms with Gasteiger partial charge < -0.3 is 5.32 Å². The van der Waals surface area contributed by atoms with Crippen molar-refractivity contribution < 1.29 is 4.39 Å². The van der Waals surface area contributed by atoms with Crippen molar-refractivity contribution in [2.75, 3.05) is 5.32 Å². The van der Waals surface area contributed by atoms with Crippen molar-refractivity contribution in [3.63, 3.8) is 0 Å². The normalized spacial score (nSPS) is 9.65. The Bertz CT molecular complexity index is 755. The molecule has 20 heavy (non-hydrogen) atoms. The SMILES string of the molecule is Cc1nnc(Nc2cccc(F)c2C#N)c(C#N)c1C. The number of hydrogen-bond acceptors (Lipinski definition) is 5. The fourth-order valence-electron chi connectivity index (χ4n) is 1.70. The summed E-state index contributed by atoms with van der Waals surface area (Å²) in [6.07, 6.45) is 0. The van der Waals surface area contributed by atoms with E-state index in [1.165, 1.54) is 12.1 Å². The molecule has 1 aromatic carbocycles. The van der Waals surface area contributed by atoms with E-state index < -0.39 is 5.82 Å². The summed E-state index contributed by atoms with van der Waals surface area (Å²) in [4.78, 5) is 0. The molecular weight excluding hydrogens is 257 g/mol. The number of nitriles is 2. The Morgan fingerprint density at radius 2 is 1.80 bits per heavy atom. The predicted molar refractivity (Wildman–Crippen MR) is 70.6 cm³/mol. The van der Waals surface area contributed by atoms with Gasteiger partial charge in [-0.05, 0) is 31.5 Å². The van der Waals surface area contributed by atoms with Gasteiger partial charge in [0, 0.05) is 0 Å². The van der Waals surface area contributed by atoms with E-state index in [4.69, 9.17) is 5.26 Å². The van der Waals surface area contributed by atoms with E-state index >= 15 is 0 Å². The highest BCUT2D eigenvalue weighted by atomic mass is 19.1. The van der Waals surface area contributed by atoms with Gasteiger partial charge in [-0.15, -0.1) is 5.10 Å². The fourth-order valence-corrected chi connectivity index (χ4v) is 1.70. The second-order valence-corrected chi connectivity index (χ2v) is 4.15. The van der Waals surface area contributed by atoms with E-state index in [0.717, 1.165) is 0 Å². The number of rotatable bonds is 2. The third-order valence-corrected chi connectivity index (χ3v) is 2.94. The van der Waals surface area contributed by atoms with Gasteiger partial charge in [-0.3, -0.25) is 0 Å². The van der Waals surface area contributed by atoms with Crippen LogP contribution in [0, 0.1) is 42.3 Å². The average Bonchev–Trinajstić information content (AvgIpc) is 2.43. The average molecular weight is 267 g/mol. The standard InChI is InChI=1S/C14H10FN5/c1-8-9(2)19-20-14(10(8)6-16)18-13-5-3-4-12(15)11(13)7-17/h3-5H,1-2H3,(H,18,20). The number of aryl methyl sites for hydroxylation is 1. The van der Waals surface area contributed by atoms with Crippen LogP contribution in [0.2, 0.25) is 0 Å². The topological polar surface area (TPSA) is 85.4 Å². The molecule has 5 nitrogen and oxygen atoms in total. The summed E-state index contributed by atoms with van der Waals surface area (Å²) in [5, 5.41) is 28.8. The van der Waals surface area contributed by atoms with Crippen LogP contribution in [0.15, 0.2) is 18.2 Å². The number of hydrogen-bond donors (Lipinski definition) is 1. The van der Waals surface area contributed by atoms with Gasteiger partial charge in [0.15, 0.2) is 5.82 Å². The number of nitrogens with zero attached hydrogens (tertiary/aromatic N) is 4. The second kappa shape index (κ2) is 5.33. The predicted octanol–water partition coefficient (Wildman–Crippen LogP) is 2.72. The Morgan fingerprint density at radius 3 is 2.45 bits per heavy atom. The Hall–Kier alpha value is -2.99. The molecule has 0 amide bonds. The molecule has 0 aliphatic carbocycles. The zero-order chi connectivity index (χ0) is 14.7. The molecule has 0 saturated heterocycles. The summed E-state index contributed by atoms with van der Waals surface area (Å²) in [6, 6.07) is 8.02. The van der Waals surface area contributed by atoms with Crippen molar-refractivity contribution in [3.8, 4) is 12.1 Å². The number of nitrogens with one attached hydrogen (secondary N) is 1. The molecule has 0 aliphatic rings. The molecule has 6 heteroatoms. The lowest BCUT2D eigenvalue weighted by Crippen LogP contribution is -2.05. The highest BCUT2D eigenvalue weighted by Crippen LogP contribution is 2.25. The van der Waals surface area contributed by atoms with Crippen molar-refractivity contribution in [1.82, 2.24) is 10.2 Å². The number of anilines is 2. The van der Waals surface area contributed by atoms with Crippen molar-refractivity contribution in [1.29, 1.82) is 10.5 Å². The Kier molecular flexibility index (Phi) is 3.58. The fraction of sp³-hybridized carbons (Fsp3) is 0.143. The van der Waals surface area contributed by atoms with Gasteiger partial charge in [-0.1, -0.05) is 6.07 Å². The minimum absolute atomic E-state index is 0.128. The molecule has 1 aromatic heterocycles. The summed E-state index contributed by atoms with van der Waals surface area (Å²) in [7, 11) is 0. The first-order valence-electron chi connectivity index (χ1n) is 5.78. The molecule has 0 saturated carbocycles. The van der Waals surface area contributed by atoms with E-state index in [1.807, 2.05) is 6.07 Å². The van der Waals surface area contributed by atoms with E-state index in [9.17, 15) is 9.65 Å². The van der Waals surface area contributed by atoms with Crippen LogP contribution in [0.5, 0.6) is 0 Å². The Balaban J connectivity index is 2.53. The van der Waals surface area contributed by atoms with Gasteiger partial charge in [0.1, 0.15) is 29.1 Å². The van der Waals surface area contributed by atoms with Gasteiger partial charge in [-0.25, -0.2) is 4.39 Å². The minimum Gasteiger partial charge on any atom is -0.336 e. The van der Waals surface area contributed by atoms with Crippen molar-refractivity contribution >= 4 is 11.5 Å². The second-order valence-electron chi connectivity index (χ2n) is 4.15. The lowest BCUT2D eigenvalue weighted by molar-refractivity contribution is 0.624. The van der Waals surface area contributed by atoms with Crippen LogP contribution in [-0.2, 0) is 0 Å². The van der Waals surface area contributed by atoms with Crippen molar-refractivity contribution in [3.05, 3.63) is 46.4 Å². The zero-order valence-electron chi connectivity index (χ0n) is 10.9. The molecule has 2 aromatic rings. The van der Waals surface area contributed by atoms with Crippen LogP contribution < -0.4 is 5.32 Å². The van der Waals surface area contributed by atoms with Crippen LogP contribution in [0.25, 0.3) is 0 Å². The maximum absolute atomic E-state index is 13.5. The summed E-state index contributed by atoms with van der Waals surface area (Å²) in [5.74, 6) is -0.425. The molecule has 1 heterocycles. The quantitative estimate of drug-likeness (QED) is 0.904. The van der Waals surface area contributed by atoms with Gasteiger partial charge in [0.25, 0.3) is 0 Å². The number of aromatic nitrogens is 2. The minimum atomic E-state index is -0.632. The van der Waals surface area contributed by atoms with Crippen LogP contribution in [0.4, 0.5) is 15.9 Å². The summed E-state index contributed by atoms with van der Waals surface area (Å²) < 4.78 is 13.5. The van der Waals surface area contributed by atoms with E-state index in [1.54, 1.807) is 26.0 Å². The maximum atomic E-state index is 13.5. The van der Waals surface area contributed by atoms with Crippen molar-refractivity contribution in [2.24, 2.45) is 0 Å². The molecule has 1 N–H and O–H groups in total. The molecule has 0 radical (unpaired) electrons. The largest absolute Gasteiger partial charge is 0.336 e. The van der Waals surface area contributed by atoms with E-state index in [2.05, 4.69) is 15.5 Å². The molecule has 0 spiro atoms. The summed E-state index contributed by atoms with van der Waals surface area (Å²) in [5.41, 5.74) is 1.79. The third-order valence-electron chi connectivity index (χ3n) is 2.94. The molecule has 0 bridgehead atoms. The molecule has 2 rings (SSSR count). The number of halogens is 1. The Morgan fingerprint density at radius 1 is 1.10 bits per heavy atom. The van der Waals surface area contributed by atoms with E-state index in [-0.39, 0.29) is 17.1 Å². The highest BCUT2D eigenvalue weighted by Gasteiger charge is 2.14. The lowest BCUT2D eigenvalue weighted by atomic mass is 10.1. The molecule has 0 unspecified atom stereocenters. The van der Waals surface area contributed by atoms with Crippen molar-refractivity contribution in [2.45, 2.75) is 13.8 Å². The van der Waals surface area contributed by atoms with Gasteiger partial charge in [0.2, 0.25) is 0 Å².